The van der Waals surface area contributed by atoms with Gasteiger partial charge < -0.3 is 19.7 Å². The van der Waals surface area contributed by atoms with Crippen molar-refractivity contribution in [2.24, 2.45) is 10.8 Å². The molecule has 0 radical (unpaired) electrons. The van der Waals surface area contributed by atoms with Crippen molar-refractivity contribution in [3.05, 3.63) is 108 Å². The summed E-state index contributed by atoms with van der Waals surface area (Å²) in [6.07, 6.45) is 0. The molecule has 0 aromatic heterocycles. The Morgan fingerprint density at radius 2 is 0.971 bits per heavy atom. The first-order valence-electron chi connectivity index (χ1n) is 11.9. The molecule has 0 amide bonds. The van der Waals surface area contributed by atoms with Crippen LogP contribution in [0.2, 0.25) is 0 Å². The lowest BCUT2D eigenvalue weighted by Crippen LogP contribution is -2.52. The summed E-state index contributed by atoms with van der Waals surface area (Å²) in [5.74, 6) is 0. The molecule has 1 aliphatic heterocycles. The third kappa shape index (κ3) is 5.74. The number of aliphatic hydroxyl groups excluding tert-OH is 2. The Hall–Kier alpha value is -2.54. The second-order valence-electron chi connectivity index (χ2n) is 9.46. The van der Waals surface area contributed by atoms with Crippen molar-refractivity contribution in [2.75, 3.05) is 39.5 Å². The molecule has 2 atom stereocenters. The predicted octanol–water partition coefficient (Wildman–Crippen LogP) is 3.89. The maximum Gasteiger partial charge on any atom is 0.0717 e. The molecule has 0 spiro atoms. The zero-order valence-corrected chi connectivity index (χ0v) is 19.7. The van der Waals surface area contributed by atoms with Crippen LogP contribution in [0.5, 0.6) is 0 Å². The zero-order chi connectivity index (χ0) is 23.7. The van der Waals surface area contributed by atoms with Crippen LogP contribution in [0.15, 0.2) is 91.0 Å². The number of likely N-dealkylation sites (tertiary alicyclic amines) is 1. The summed E-state index contributed by atoms with van der Waals surface area (Å²) in [6, 6.07) is 30.4. The molecule has 4 rings (SSSR count). The molecule has 2 unspecified atom stereocenters. The number of benzene rings is 3. The molecule has 2 N–H and O–H groups in total. The highest BCUT2D eigenvalue weighted by molar-refractivity contribution is 5.17. The van der Waals surface area contributed by atoms with E-state index in [1.54, 1.807) is 0 Å². The summed E-state index contributed by atoms with van der Waals surface area (Å²) in [6.45, 7) is 3.47. The molecule has 5 nitrogen and oxygen atoms in total. The summed E-state index contributed by atoms with van der Waals surface area (Å²) >= 11 is 0. The second-order valence-corrected chi connectivity index (χ2v) is 9.46. The van der Waals surface area contributed by atoms with E-state index in [9.17, 15) is 10.2 Å². The average Bonchev–Trinajstić information content (AvgIpc) is 3.19. The number of nitrogens with zero attached hydrogens (tertiary/aromatic N) is 1. The van der Waals surface area contributed by atoms with Crippen molar-refractivity contribution in [1.29, 1.82) is 0 Å². The Kier molecular flexibility index (Phi) is 8.48. The smallest absolute Gasteiger partial charge is 0.0717 e. The number of hydrogen-bond acceptors (Lipinski definition) is 5. The lowest BCUT2D eigenvalue weighted by atomic mass is 9.67. The van der Waals surface area contributed by atoms with E-state index in [1.807, 2.05) is 78.9 Å². The van der Waals surface area contributed by atoms with Gasteiger partial charge in [0.05, 0.1) is 39.6 Å². The van der Waals surface area contributed by atoms with Crippen LogP contribution in [-0.4, -0.2) is 54.6 Å². The van der Waals surface area contributed by atoms with E-state index < -0.39 is 10.8 Å². The van der Waals surface area contributed by atoms with Crippen LogP contribution in [-0.2, 0) is 29.2 Å². The van der Waals surface area contributed by atoms with E-state index in [-0.39, 0.29) is 13.2 Å². The maximum atomic E-state index is 10.7. The van der Waals surface area contributed by atoms with Gasteiger partial charge in [-0.1, -0.05) is 91.0 Å². The van der Waals surface area contributed by atoms with E-state index in [2.05, 4.69) is 17.0 Å². The largest absolute Gasteiger partial charge is 0.396 e. The first-order chi connectivity index (χ1) is 16.7. The third-order valence-corrected chi connectivity index (χ3v) is 7.01. The van der Waals surface area contributed by atoms with Crippen LogP contribution >= 0.6 is 0 Å². The molecule has 0 aliphatic carbocycles. The van der Waals surface area contributed by atoms with E-state index in [0.29, 0.717) is 39.5 Å². The molecule has 180 valence electrons. The minimum Gasteiger partial charge on any atom is -0.396 e. The van der Waals surface area contributed by atoms with Crippen LogP contribution in [0.3, 0.4) is 0 Å². The van der Waals surface area contributed by atoms with Crippen molar-refractivity contribution < 1.29 is 19.7 Å². The highest BCUT2D eigenvalue weighted by atomic mass is 16.5. The summed E-state index contributed by atoms with van der Waals surface area (Å²) < 4.78 is 12.3. The van der Waals surface area contributed by atoms with Crippen LogP contribution in [0.1, 0.15) is 16.7 Å². The average molecular weight is 462 g/mol. The number of ether oxygens (including phenoxy) is 2. The lowest BCUT2D eigenvalue weighted by Gasteiger charge is -2.42. The van der Waals surface area contributed by atoms with E-state index in [4.69, 9.17) is 9.47 Å². The molecule has 1 saturated heterocycles. The number of aliphatic hydroxyl groups is 2. The van der Waals surface area contributed by atoms with Crippen molar-refractivity contribution in [2.45, 2.75) is 19.8 Å². The van der Waals surface area contributed by atoms with Crippen LogP contribution < -0.4 is 0 Å². The topological polar surface area (TPSA) is 62.2 Å². The standard InChI is InChI=1S/C29H35NO4/c31-21-28(23-33-17-26-12-6-2-7-13-26)19-30(16-25-10-4-1-5-11-25)20-29(28,22-32)24-34-18-27-14-8-3-9-15-27/h1-15,31-32H,16-24H2. The Bertz CT molecular complexity index is 923. The van der Waals surface area contributed by atoms with Crippen LogP contribution in [0, 0.1) is 10.8 Å². The normalized spacial score (nSPS) is 22.8. The lowest BCUT2D eigenvalue weighted by molar-refractivity contribution is -0.113. The van der Waals surface area contributed by atoms with Gasteiger partial charge in [-0.15, -0.1) is 0 Å². The molecule has 0 saturated carbocycles. The van der Waals surface area contributed by atoms with Gasteiger partial charge in [0.15, 0.2) is 0 Å². The predicted molar refractivity (Wildman–Crippen MR) is 133 cm³/mol. The SMILES string of the molecule is OCC1(COCc2ccccc2)CN(Cc2ccccc2)CC1(CO)COCc1ccccc1. The van der Waals surface area contributed by atoms with Crippen LogP contribution in [0.25, 0.3) is 0 Å². The monoisotopic (exact) mass is 461 g/mol. The van der Waals surface area contributed by atoms with Crippen LogP contribution in [0.4, 0.5) is 0 Å². The van der Waals surface area contributed by atoms with Gasteiger partial charge in [-0.3, -0.25) is 4.90 Å². The summed E-state index contributed by atoms with van der Waals surface area (Å²) in [5.41, 5.74) is 2.11. The van der Waals surface area contributed by atoms with E-state index in [0.717, 1.165) is 17.7 Å². The van der Waals surface area contributed by atoms with Crippen molar-refractivity contribution in [1.82, 2.24) is 4.90 Å². The fourth-order valence-electron chi connectivity index (χ4n) is 5.00. The minimum atomic E-state index is -0.637. The molecule has 1 heterocycles. The van der Waals surface area contributed by atoms with Gasteiger partial charge in [-0.2, -0.15) is 0 Å². The first-order valence-corrected chi connectivity index (χ1v) is 11.9. The number of hydrogen-bond donors (Lipinski definition) is 2. The molecular formula is C29H35NO4. The second kappa shape index (κ2) is 11.7. The summed E-state index contributed by atoms with van der Waals surface area (Å²) in [7, 11) is 0. The third-order valence-electron chi connectivity index (χ3n) is 7.01. The molecular weight excluding hydrogens is 426 g/mol. The minimum absolute atomic E-state index is 0.0810. The van der Waals surface area contributed by atoms with E-state index in [1.165, 1.54) is 5.56 Å². The Balaban J connectivity index is 1.51. The summed E-state index contributed by atoms with van der Waals surface area (Å²) in [4.78, 5) is 2.31. The highest BCUT2D eigenvalue weighted by Crippen LogP contribution is 2.47. The quantitative estimate of drug-likeness (QED) is 0.429. The van der Waals surface area contributed by atoms with E-state index >= 15 is 0 Å². The van der Waals surface area contributed by atoms with Gasteiger partial charge in [0.2, 0.25) is 0 Å². The van der Waals surface area contributed by atoms with Gasteiger partial charge in [-0.05, 0) is 16.7 Å². The summed E-state index contributed by atoms with van der Waals surface area (Å²) in [5, 5.41) is 21.4. The van der Waals surface area contributed by atoms with Gasteiger partial charge in [0, 0.05) is 30.5 Å². The van der Waals surface area contributed by atoms with Crippen molar-refractivity contribution in [3.63, 3.8) is 0 Å². The molecule has 3 aromatic carbocycles. The fraction of sp³-hybridized carbons (Fsp3) is 0.379. The highest BCUT2D eigenvalue weighted by Gasteiger charge is 2.57. The number of rotatable bonds is 12. The zero-order valence-electron chi connectivity index (χ0n) is 19.7. The molecule has 1 aliphatic rings. The maximum absolute atomic E-state index is 10.7. The van der Waals surface area contributed by atoms with Gasteiger partial charge in [0.25, 0.3) is 0 Å². The molecule has 34 heavy (non-hydrogen) atoms. The van der Waals surface area contributed by atoms with Crippen molar-refractivity contribution in [3.8, 4) is 0 Å². The Labute approximate surface area is 202 Å². The first kappa shape index (κ1) is 24.6. The van der Waals surface area contributed by atoms with Gasteiger partial charge in [0.1, 0.15) is 0 Å². The Morgan fingerprint density at radius 3 is 1.35 bits per heavy atom. The van der Waals surface area contributed by atoms with Gasteiger partial charge in [-0.25, -0.2) is 0 Å². The molecule has 0 bridgehead atoms. The van der Waals surface area contributed by atoms with Crippen molar-refractivity contribution >= 4 is 0 Å². The van der Waals surface area contributed by atoms with Gasteiger partial charge >= 0.3 is 0 Å². The Morgan fingerprint density at radius 1 is 0.588 bits per heavy atom. The molecule has 3 aromatic rings. The molecule has 5 heteroatoms. The fourth-order valence-corrected chi connectivity index (χ4v) is 5.00. The molecule has 1 fully saturated rings.